The predicted molar refractivity (Wildman–Crippen MR) is 91.5 cm³/mol. The second-order valence-electron chi connectivity index (χ2n) is 5.71. The third-order valence-corrected chi connectivity index (χ3v) is 4.76. The van der Waals surface area contributed by atoms with E-state index in [1.165, 1.54) is 16.6 Å². The van der Waals surface area contributed by atoms with E-state index in [1.807, 2.05) is 12.1 Å². The number of H-pyrrole nitrogens is 1. The molecule has 4 N–H and O–H groups in total. The van der Waals surface area contributed by atoms with Crippen LogP contribution in [0.3, 0.4) is 0 Å². The van der Waals surface area contributed by atoms with Gasteiger partial charge in [0.2, 0.25) is 15.9 Å². The van der Waals surface area contributed by atoms with Gasteiger partial charge >= 0.3 is 0 Å². The molecule has 126 valence electrons. The molecular weight excluding hydrogens is 314 g/mol. The second kappa shape index (κ2) is 7.14. The minimum absolute atomic E-state index is 0.155. The number of hydrogen-bond acceptors (Lipinski definition) is 3. The monoisotopic (exact) mass is 337 g/mol. The second-order valence-corrected chi connectivity index (χ2v) is 7.44. The van der Waals surface area contributed by atoms with Gasteiger partial charge in [-0.1, -0.05) is 13.0 Å². The summed E-state index contributed by atoms with van der Waals surface area (Å²) in [4.78, 5) is 15.1. The molecule has 2 rings (SSSR count). The number of sulfonamides is 1. The first-order valence-electron chi connectivity index (χ1n) is 7.67. The fraction of sp³-hybridized carbons (Fsp3) is 0.438. The highest BCUT2D eigenvalue weighted by Gasteiger charge is 2.09. The van der Waals surface area contributed by atoms with E-state index < -0.39 is 10.0 Å². The summed E-state index contributed by atoms with van der Waals surface area (Å²) in [6, 6.07) is 6.07. The number of hydrogen-bond donors (Lipinski definition) is 3. The van der Waals surface area contributed by atoms with Crippen LogP contribution in [0.4, 0.5) is 0 Å². The Balaban J connectivity index is 1.94. The summed E-state index contributed by atoms with van der Waals surface area (Å²) in [5.74, 6) is -0.344. The lowest BCUT2D eigenvalue weighted by Crippen LogP contribution is -2.24. The highest BCUT2D eigenvalue weighted by atomic mass is 32.2. The number of amides is 1. The summed E-state index contributed by atoms with van der Waals surface area (Å²) in [5, 5.41) is 8.88. The van der Waals surface area contributed by atoms with Gasteiger partial charge in [-0.25, -0.2) is 13.6 Å². The summed E-state index contributed by atoms with van der Waals surface area (Å²) in [7, 11) is -3.50. The van der Waals surface area contributed by atoms with Crippen LogP contribution in [0.5, 0.6) is 0 Å². The third kappa shape index (κ3) is 4.80. The van der Waals surface area contributed by atoms with E-state index in [1.54, 1.807) is 0 Å². The van der Waals surface area contributed by atoms with Crippen molar-refractivity contribution in [3.05, 3.63) is 35.0 Å². The van der Waals surface area contributed by atoms with Gasteiger partial charge in [0.15, 0.2) is 0 Å². The van der Waals surface area contributed by atoms with Gasteiger partial charge in [-0.3, -0.25) is 4.79 Å². The Hall–Kier alpha value is -1.86. The van der Waals surface area contributed by atoms with Gasteiger partial charge < -0.3 is 10.3 Å². The van der Waals surface area contributed by atoms with Crippen molar-refractivity contribution in [3.8, 4) is 0 Å². The summed E-state index contributed by atoms with van der Waals surface area (Å²) in [6.45, 7) is 4.63. The van der Waals surface area contributed by atoms with E-state index >= 15 is 0 Å². The van der Waals surface area contributed by atoms with E-state index in [-0.39, 0.29) is 24.5 Å². The lowest BCUT2D eigenvalue weighted by atomic mass is 10.1. The minimum atomic E-state index is -3.50. The maximum Gasteiger partial charge on any atom is 0.220 e. The standard InChI is InChI=1S/C16H23N3O3S/c1-3-14-11(2)13-9-12(6-7-15(13)19-14)10-18-16(20)5-4-8-23(17,21)22/h6-7,9,19H,3-5,8,10H2,1-2H3,(H,18,20)(H2,17,21,22). The number of nitrogens with one attached hydrogen (secondary N) is 2. The molecule has 0 aliphatic carbocycles. The molecule has 0 radical (unpaired) electrons. The molecule has 6 nitrogen and oxygen atoms in total. The Morgan fingerprint density at radius 3 is 2.74 bits per heavy atom. The van der Waals surface area contributed by atoms with Crippen molar-refractivity contribution in [1.82, 2.24) is 10.3 Å². The van der Waals surface area contributed by atoms with Gasteiger partial charge in [0.1, 0.15) is 0 Å². The molecule has 1 amide bonds. The van der Waals surface area contributed by atoms with Gasteiger partial charge in [0, 0.05) is 29.6 Å². The first-order chi connectivity index (χ1) is 10.8. The number of aromatic amines is 1. The normalized spacial score (nSPS) is 11.8. The molecule has 0 aliphatic rings. The molecule has 1 aromatic heterocycles. The number of carbonyl (C=O) groups is 1. The molecular formula is C16H23N3O3S. The van der Waals surface area contributed by atoms with Crippen LogP contribution in [0.1, 0.15) is 36.6 Å². The number of fused-ring (bicyclic) bond motifs is 1. The zero-order valence-corrected chi connectivity index (χ0v) is 14.3. The van der Waals surface area contributed by atoms with E-state index in [0.29, 0.717) is 6.54 Å². The molecule has 23 heavy (non-hydrogen) atoms. The fourth-order valence-electron chi connectivity index (χ4n) is 2.62. The number of carbonyl (C=O) groups excluding carboxylic acids is 1. The van der Waals surface area contributed by atoms with Crippen LogP contribution >= 0.6 is 0 Å². The van der Waals surface area contributed by atoms with Crippen LogP contribution in [0.15, 0.2) is 18.2 Å². The molecule has 7 heteroatoms. The molecule has 0 fully saturated rings. The number of rotatable bonds is 7. The number of nitrogens with two attached hydrogens (primary N) is 1. The highest BCUT2D eigenvalue weighted by molar-refractivity contribution is 7.89. The summed E-state index contributed by atoms with van der Waals surface area (Å²) in [6.07, 6.45) is 1.35. The zero-order chi connectivity index (χ0) is 17.0. The molecule has 0 saturated heterocycles. The fourth-order valence-corrected chi connectivity index (χ4v) is 3.16. The van der Waals surface area contributed by atoms with E-state index in [0.717, 1.165) is 17.5 Å². The average Bonchev–Trinajstić information content (AvgIpc) is 2.80. The van der Waals surface area contributed by atoms with Crippen molar-refractivity contribution in [1.29, 1.82) is 0 Å². The molecule has 1 aromatic carbocycles. The van der Waals surface area contributed by atoms with E-state index in [2.05, 4.69) is 30.2 Å². The molecule has 0 atom stereocenters. The number of benzene rings is 1. The molecule has 0 spiro atoms. The van der Waals surface area contributed by atoms with Gasteiger partial charge in [-0.2, -0.15) is 0 Å². The maximum absolute atomic E-state index is 11.7. The van der Waals surface area contributed by atoms with Crippen LogP contribution in [-0.2, 0) is 27.8 Å². The van der Waals surface area contributed by atoms with Gasteiger partial charge in [0.25, 0.3) is 0 Å². The van der Waals surface area contributed by atoms with E-state index in [9.17, 15) is 13.2 Å². The first kappa shape index (κ1) is 17.5. The molecule has 0 unspecified atom stereocenters. The Kier molecular flexibility index (Phi) is 5.43. The topological polar surface area (TPSA) is 105 Å². The lowest BCUT2D eigenvalue weighted by molar-refractivity contribution is -0.121. The van der Waals surface area contributed by atoms with Crippen molar-refractivity contribution in [2.45, 2.75) is 39.7 Å². The van der Waals surface area contributed by atoms with Gasteiger partial charge in [-0.05, 0) is 43.0 Å². The van der Waals surface area contributed by atoms with Gasteiger partial charge in [-0.15, -0.1) is 0 Å². The quantitative estimate of drug-likeness (QED) is 0.716. The van der Waals surface area contributed by atoms with Crippen molar-refractivity contribution in [2.75, 3.05) is 5.75 Å². The smallest absolute Gasteiger partial charge is 0.220 e. The Morgan fingerprint density at radius 2 is 2.09 bits per heavy atom. The predicted octanol–water partition coefficient (Wildman–Crippen LogP) is 1.72. The molecule has 0 aliphatic heterocycles. The van der Waals surface area contributed by atoms with Crippen LogP contribution in [0, 0.1) is 6.92 Å². The van der Waals surface area contributed by atoms with Crippen LogP contribution in [0.25, 0.3) is 10.9 Å². The largest absolute Gasteiger partial charge is 0.358 e. The summed E-state index contributed by atoms with van der Waals surface area (Å²) >= 11 is 0. The Bertz CT molecular complexity index is 809. The minimum Gasteiger partial charge on any atom is -0.358 e. The van der Waals surface area contributed by atoms with Crippen LogP contribution in [0.2, 0.25) is 0 Å². The molecule has 2 aromatic rings. The first-order valence-corrected chi connectivity index (χ1v) is 9.39. The SMILES string of the molecule is CCc1[nH]c2ccc(CNC(=O)CCCS(N)(=O)=O)cc2c1C. The van der Waals surface area contributed by atoms with E-state index in [4.69, 9.17) is 5.14 Å². The van der Waals surface area contributed by atoms with Gasteiger partial charge in [0.05, 0.1) is 5.75 Å². The average molecular weight is 337 g/mol. The Labute approximate surface area is 136 Å². The Morgan fingerprint density at radius 1 is 1.35 bits per heavy atom. The van der Waals surface area contributed by atoms with Crippen molar-refractivity contribution in [2.24, 2.45) is 5.14 Å². The zero-order valence-electron chi connectivity index (χ0n) is 13.5. The molecule has 1 heterocycles. The summed E-state index contributed by atoms with van der Waals surface area (Å²) in [5.41, 5.74) is 4.58. The van der Waals surface area contributed by atoms with Crippen LogP contribution < -0.4 is 10.5 Å². The number of aryl methyl sites for hydroxylation is 2. The van der Waals surface area contributed by atoms with Crippen molar-refractivity contribution >= 4 is 26.8 Å². The molecule has 0 saturated carbocycles. The van der Waals surface area contributed by atoms with Crippen molar-refractivity contribution < 1.29 is 13.2 Å². The summed E-state index contributed by atoms with van der Waals surface area (Å²) < 4.78 is 21.6. The molecule has 0 bridgehead atoms. The third-order valence-electron chi connectivity index (χ3n) is 3.90. The number of primary sulfonamides is 1. The van der Waals surface area contributed by atoms with Crippen LogP contribution in [-0.4, -0.2) is 25.1 Å². The maximum atomic E-state index is 11.7. The lowest BCUT2D eigenvalue weighted by Gasteiger charge is -2.06. The van der Waals surface area contributed by atoms with Crippen molar-refractivity contribution in [3.63, 3.8) is 0 Å². The number of aromatic nitrogens is 1. The highest BCUT2D eigenvalue weighted by Crippen LogP contribution is 2.23.